The van der Waals surface area contributed by atoms with Gasteiger partial charge in [-0.25, -0.2) is 4.79 Å². The quantitative estimate of drug-likeness (QED) is 0.757. The fraction of sp³-hybridized carbons (Fsp3) is 0.211. The van der Waals surface area contributed by atoms with Crippen LogP contribution in [0.2, 0.25) is 0 Å². The smallest absolute Gasteiger partial charge is 0.337 e. The third kappa shape index (κ3) is 6.10. The van der Waals surface area contributed by atoms with Crippen LogP contribution in [-0.4, -0.2) is 31.4 Å². The van der Waals surface area contributed by atoms with Gasteiger partial charge in [0.1, 0.15) is 0 Å². The van der Waals surface area contributed by atoms with Crippen molar-refractivity contribution in [3.05, 3.63) is 65.7 Å². The van der Waals surface area contributed by atoms with Gasteiger partial charge in [0.25, 0.3) is 0 Å². The number of amides is 2. The Morgan fingerprint density at radius 2 is 1.60 bits per heavy atom. The summed E-state index contributed by atoms with van der Waals surface area (Å²) in [6, 6.07) is 15.8. The van der Waals surface area contributed by atoms with Gasteiger partial charge in [0.2, 0.25) is 11.8 Å². The Kier molecular flexibility index (Phi) is 6.71. The van der Waals surface area contributed by atoms with E-state index in [4.69, 9.17) is 0 Å². The second-order valence-electron chi connectivity index (χ2n) is 5.38. The summed E-state index contributed by atoms with van der Waals surface area (Å²) in [5.41, 5.74) is 1.91. The zero-order valence-corrected chi connectivity index (χ0v) is 14.0. The molecule has 130 valence electrons. The Hall–Kier alpha value is -3.15. The van der Waals surface area contributed by atoms with Gasteiger partial charge >= 0.3 is 5.97 Å². The number of carbonyl (C=O) groups excluding carboxylic acids is 3. The summed E-state index contributed by atoms with van der Waals surface area (Å²) in [5, 5.41) is 5.43. The number of ether oxygens (including phenoxy) is 1. The third-order valence-electron chi connectivity index (χ3n) is 3.47. The molecule has 2 rings (SSSR count). The SMILES string of the molecule is COC(=O)c1ccc(NC(=O)CCNC(=O)Cc2ccccc2)cc1. The number of hydrogen-bond acceptors (Lipinski definition) is 4. The summed E-state index contributed by atoms with van der Waals surface area (Å²) in [4.78, 5) is 35.0. The molecule has 0 spiro atoms. The molecule has 2 aromatic carbocycles. The molecule has 2 amide bonds. The lowest BCUT2D eigenvalue weighted by atomic mass is 10.1. The van der Waals surface area contributed by atoms with Gasteiger partial charge in [-0.1, -0.05) is 30.3 Å². The Morgan fingerprint density at radius 1 is 0.920 bits per heavy atom. The second kappa shape index (κ2) is 9.22. The molecule has 0 unspecified atom stereocenters. The van der Waals surface area contributed by atoms with Crippen LogP contribution in [0.4, 0.5) is 5.69 Å². The van der Waals surface area contributed by atoms with E-state index >= 15 is 0 Å². The summed E-state index contributed by atoms with van der Waals surface area (Å²) in [6.07, 6.45) is 0.455. The van der Waals surface area contributed by atoms with E-state index in [2.05, 4.69) is 15.4 Å². The van der Waals surface area contributed by atoms with Crippen LogP contribution < -0.4 is 10.6 Å². The monoisotopic (exact) mass is 340 g/mol. The molecule has 0 bridgehead atoms. The first-order valence-electron chi connectivity index (χ1n) is 7.87. The van der Waals surface area contributed by atoms with Crippen molar-refractivity contribution in [1.29, 1.82) is 0 Å². The molecule has 0 aromatic heterocycles. The minimum atomic E-state index is -0.431. The van der Waals surface area contributed by atoms with Gasteiger partial charge in [0.15, 0.2) is 0 Å². The molecule has 0 radical (unpaired) electrons. The Labute approximate surface area is 146 Å². The maximum Gasteiger partial charge on any atom is 0.337 e. The number of hydrogen-bond donors (Lipinski definition) is 2. The molecule has 0 aliphatic carbocycles. The highest BCUT2D eigenvalue weighted by molar-refractivity contribution is 5.93. The Morgan fingerprint density at radius 3 is 2.24 bits per heavy atom. The van der Waals surface area contributed by atoms with Gasteiger partial charge in [0, 0.05) is 18.7 Å². The van der Waals surface area contributed by atoms with Crippen molar-refractivity contribution in [3.63, 3.8) is 0 Å². The molecular formula is C19H20N2O4. The highest BCUT2D eigenvalue weighted by Crippen LogP contribution is 2.10. The van der Waals surface area contributed by atoms with Crippen molar-refractivity contribution in [2.75, 3.05) is 19.0 Å². The van der Waals surface area contributed by atoms with E-state index in [-0.39, 0.29) is 31.2 Å². The van der Waals surface area contributed by atoms with Crippen molar-refractivity contribution in [2.24, 2.45) is 0 Å². The van der Waals surface area contributed by atoms with Crippen molar-refractivity contribution >= 4 is 23.5 Å². The predicted molar refractivity (Wildman–Crippen MR) is 94.2 cm³/mol. The van der Waals surface area contributed by atoms with Crippen LogP contribution in [0.3, 0.4) is 0 Å². The zero-order valence-electron chi connectivity index (χ0n) is 14.0. The highest BCUT2D eigenvalue weighted by Gasteiger charge is 2.07. The molecule has 0 aliphatic rings. The zero-order chi connectivity index (χ0) is 18.1. The fourth-order valence-corrected chi connectivity index (χ4v) is 2.19. The van der Waals surface area contributed by atoms with Crippen LogP contribution >= 0.6 is 0 Å². The summed E-state index contributed by atoms with van der Waals surface area (Å²) >= 11 is 0. The summed E-state index contributed by atoms with van der Waals surface area (Å²) in [6.45, 7) is 0.262. The van der Waals surface area contributed by atoms with E-state index in [9.17, 15) is 14.4 Å². The van der Waals surface area contributed by atoms with E-state index in [1.54, 1.807) is 24.3 Å². The highest BCUT2D eigenvalue weighted by atomic mass is 16.5. The molecule has 2 N–H and O–H groups in total. The lowest BCUT2D eigenvalue weighted by molar-refractivity contribution is -0.120. The van der Waals surface area contributed by atoms with Gasteiger partial charge in [-0.2, -0.15) is 0 Å². The second-order valence-corrected chi connectivity index (χ2v) is 5.38. The number of nitrogens with one attached hydrogen (secondary N) is 2. The molecule has 6 heteroatoms. The standard InChI is InChI=1S/C19H20N2O4/c1-25-19(24)15-7-9-16(10-8-15)21-17(22)11-12-20-18(23)13-14-5-3-2-4-6-14/h2-10H,11-13H2,1H3,(H,20,23)(H,21,22). The van der Waals surface area contributed by atoms with E-state index in [0.717, 1.165) is 5.56 Å². The minimum Gasteiger partial charge on any atom is -0.465 e. The largest absolute Gasteiger partial charge is 0.465 e. The maximum atomic E-state index is 11.9. The van der Waals surface area contributed by atoms with Gasteiger partial charge in [-0.3, -0.25) is 9.59 Å². The molecule has 25 heavy (non-hydrogen) atoms. The summed E-state index contributed by atoms with van der Waals surface area (Å²) in [5.74, 6) is -0.772. The van der Waals surface area contributed by atoms with E-state index in [1.807, 2.05) is 30.3 Å². The number of carbonyl (C=O) groups is 3. The summed E-state index contributed by atoms with van der Waals surface area (Å²) in [7, 11) is 1.31. The van der Waals surface area contributed by atoms with Crippen molar-refractivity contribution in [1.82, 2.24) is 5.32 Å². The average molecular weight is 340 g/mol. The van der Waals surface area contributed by atoms with Crippen molar-refractivity contribution in [2.45, 2.75) is 12.8 Å². The Balaban J connectivity index is 1.71. The lowest BCUT2D eigenvalue weighted by Crippen LogP contribution is -2.28. The molecule has 2 aromatic rings. The molecular weight excluding hydrogens is 320 g/mol. The molecule has 0 aliphatic heterocycles. The predicted octanol–water partition coefficient (Wildman–Crippen LogP) is 2.16. The first-order chi connectivity index (χ1) is 12.1. The van der Waals surface area contributed by atoms with Gasteiger partial charge < -0.3 is 15.4 Å². The van der Waals surface area contributed by atoms with Crippen LogP contribution in [0.5, 0.6) is 0 Å². The van der Waals surface area contributed by atoms with Crippen molar-refractivity contribution in [3.8, 4) is 0 Å². The Bertz CT molecular complexity index is 727. The van der Waals surface area contributed by atoms with E-state index in [1.165, 1.54) is 7.11 Å². The minimum absolute atomic E-state index is 0.124. The van der Waals surface area contributed by atoms with Crippen molar-refractivity contribution < 1.29 is 19.1 Å². The number of anilines is 1. The number of benzene rings is 2. The number of rotatable bonds is 7. The first-order valence-corrected chi connectivity index (χ1v) is 7.87. The molecule has 0 saturated carbocycles. The fourth-order valence-electron chi connectivity index (χ4n) is 2.19. The van der Waals surface area contributed by atoms with E-state index < -0.39 is 5.97 Å². The number of methoxy groups -OCH3 is 1. The normalized spacial score (nSPS) is 9.96. The van der Waals surface area contributed by atoms with Crippen LogP contribution in [0, 0.1) is 0 Å². The van der Waals surface area contributed by atoms with Gasteiger partial charge in [-0.15, -0.1) is 0 Å². The maximum absolute atomic E-state index is 11.9. The molecule has 0 atom stereocenters. The van der Waals surface area contributed by atoms with E-state index in [0.29, 0.717) is 11.3 Å². The van der Waals surface area contributed by atoms with Gasteiger partial charge in [-0.05, 0) is 29.8 Å². The third-order valence-corrected chi connectivity index (χ3v) is 3.47. The number of esters is 1. The molecule has 0 heterocycles. The molecule has 0 saturated heterocycles. The van der Waals surface area contributed by atoms with Crippen LogP contribution in [-0.2, 0) is 20.7 Å². The van der Waals surface area contributed by atoms with Crippen LogP contribution in [0.15, 0.2) is 54.6 Å². The van der Waals surface area contributed by atoms with Crippen LogP contribution in [0.25, 0.3) is 0 Å². The first kappa shape index (κ1) is 18.2. The topological polar surface area (TPSA) is 84.5 Å². The van der Waals surface area contributed by atoms with Crippen LogP contribution in [0.1, 0.15) is 22.3 Å². The lowest BCUT2D eigenvalue weighted by Gasteiger charge is -2.07. The van der Waals surface area contributed by atoms with Gasteiger partial charge in [0.05, 0.1) is 19.1 Å². The average Bonchev–Trinajstić information content (AvgIpc) is 2.62. The summed E-state index contributed by atoms with van der Waals surface area (Å²) < 4.78 is 4.61. The molecule has 0 fully saturated rings. The molecule has 6 nitrogen and oxygen atoms in total.